The summed E-state index contributed by atoms with van der Waals surface area (Å²) in [6.07, 6.45) is -0.697. The molecule has 24 heavy (non-hydrogen) atoms. The molecule has 0 aliphatic heterocycles. The Hall–Kier alpha value is -3.01. The van der Waals surface area contributed by atoms with Crippen LogP contribution in [0.5, 0.6) is 11.5 Å². The standard InChI is InChI=1S/C20H18O4/c1-23-17-8-4-5-14(11-17)12-19(20(21)22)24-18-10-9-15-6-2-3-7-16(15)13-18/h2-11,13,19H,12H2,1H3,(H,21,22)/t19-/m1/s1. The Balaban J connectivity index is 1.81. The van der Waals surface area contributed by atoms with Crippen LogP contribution in [-0.2, 0) is 11.2 Å². The molecule has 0 amide bonds. The maximum Gasteiger partial charge on any atom is 0.345 e. The van der Waals surface area contributed by atoms with Crippen molar-refractivity contribution < 1.29 is 19.4 Å². The van der Waals surface area contributed by atoms with E-state index in [9.17, 15) is 9.90 Å². The normalized spacial score (nSPS) is 11.9. The number of methoxy groups -OCH3 is 1. The van der Waals surface area contributed by atoms with E-state index in [0.29, 0.717) is 11.5 Å². The van der Waals surface area contributed by atoms with Gasteiger partial charge in [0.25, 0.3) is 0 Å². The molecule has 3 aromatic carbocycles. The van der Waals surface area contributed by atoms with Crippen molar-refractivity contribution in [3.8, 4) is 11.5 Å². The summed E-state index contributed by atoms with van der Waals surface area (Å²) in [6, 6.07) is 20.8. The summed E-state index contributed by atoms with van der Waals surface area (Å²) in [4.78, 5) is 11.6. The first kappa shape index (κ1) is 15.9. The van der Waals surface area contributed by atoms with Crippen LogP contribution >= 0.6 is 0 Å². The highest BCUT2D eigenvalue weighted by Crippen LogP contribution is 2.23. The van der Waals surface area contributed by atoms with E-state index in [4.69, 9.17) is 9.47 Å². The van der Waals surface area contributed by atoms with Crippen molar-refractivity contribution in [2.24, 2.45) is 0 Å². The van der Waals surface area contributed by atoms with E-state index in [-0.39, 0.29) is 6.42 Å². The molecule has 0 spiro atoms. The van der Waals surface area contributed by atoms with Crippen LogP contribution in [-0.4, -0.2) is 24.3 Å². The minimum absolute atomic E-state index is 0.263. The van der Waals surface area contributed by atoms with Crippen LogP contribution in [0.2, 0.25) is 0 Å². The van der Waals surface area contributed by atoms with Gasteiger partial charge in [0.1, 0.15) is 11.5 Å². The fraction of sp³-hybridized carbons (Fsp3) is 0.150. The molecule has 1 atom stereocenters. The number of carbonyl (C=O) groups is 1. The molecule has 1 N–H and O–H groups in total. The summed E-state index contributed by atoms with van der Waals surface area (Å²) < 4.78 is 10.9. The summed E-state index contributed by atoms with van der Waals surface area (Å²) in [7, 11) is 1.58. The first-order chi connectivity index (χ1) is 11.7. The van der Waals surface area contributed by atoms with Gasteiger partial charge in [-0.2, -0.15) is 0 Å². The van der Waals surface area contributed by atoms with E-state index in [1.165, 1.54) is 0 Å². The molecule has 4 heteroatoms. The van der Waals surface area contributed by atoms with E-state index < -0.39 is 12.1 Å². The number of carboxylic acid groups (broad SMARTS) is 1. The number of hydrogen-bond donors (Lipinski definition) is 1. The molecule has 0 saturated heterocycles. The van der Waals surface area contributed by atoms with Crippen molar-refractivity contribution in [1.82, 2.24) is 0 Å². The molecular weight excluding hydrogens is 304 g/mol. The van der Waals surface area contributed by atoms with Crippen LogP contribution in [0.4, 0.5) is 0 Å². The Morgan fingerprint density at radius 1 is 0.958 bits per heavy atom. The first-order valence-corrected chi connectivity index (χ1v) is 7.67. The molecule has 0 aliphatic carbocycles. The Labute approximate surface area is 140 Å². The summed E-state index contributed by atoms with van der Waals surface area (Å²) in [6.45, 7) is 0. The zero-order chi connectivity index (χ0) is 16.9. The lowest BCUT2D eigenvalue weighted by molar-refractivity contribution is -0.145. The lowest BCUT2D eigenvalue weighted by atomic mass is 10.1. The van der Waals surface area contributed by atoms with Crippen molar-refractivity contribution in [2.75, 3.05) is 7.11 Å². The van der Waals surface area contributed by atoms with Gasteiger partial charge in [-0.05, 0) is 40.6 Å². The van der Waals surface area contributed by atoms with Gasteiger partial charge in [0.2, 0.25) is 0 Å². The second kappa shape index (κ2) is 7.04. The van der Waals surface area contributed by atoms with Gasteiger partial charge in [0.15, 0.2) is 6.10 Å². The molecule has 0 radical (unpaired) electrons. The minimum Gasteiger partial charge on any atom is -0.497 e. The molecule has 122 valence electrons. The number of carboxylic acids is 1. The number of fused-ring (bicyclic) bond motifs is 1. The zero-order valence-electron chi connectivity index (χ0n) is 13.3. The van der Waals surface area contributed by atoms with E-state index >= 15 is 0 Å². The zero-order valence-corrected chi connectivity index (χ0v) is 13.3. The summed E-state index contributed by atoms with van der Waals surface area (Å²) in [5, 5.41) is 11.6. The molecule has 0 aliphatic rings. The quantitative estimate of drug-likeness (QED) is 0.747. The second-order valence-electron chi connectivity index (χ2n) is 5.51. The largest absolute Gasteiger partial charge is 0.497 e. The van der Waals surface area contributed by atoms with Crippen molar-refractivity contribution in [1.29, 1.82) is 0 Å². The van der Waals surface area contributed by atoms with E-state index in [1.54, 1.807) is 13.2 Å². The van der Waals surface area contributed by atoms with Gasteiger partial charge in [0, 0.05) is 6.42 Å². The van der Waals surface area contributed by atoms with Gasteiger partial charge in [0.05, 0.1) is 7.11 Å². The Kier molecular flexibility index (Phi) is 4.66. The summed E-state index contributed by atoms with van der Waals surface area (Å²) >= 11 is 0. The van der Waals surface area contributed by atoms with Crippen LogP contribution in [0.15, 0.2) is 66.7 Å². The molecule has 3 aromatic rings. The van der Waals surface area contributed by atoms with Gasteiger partial charge in [-0.3, -0.25) is 0 Å². The van der Waals surface area contributed by atoms with Crippen molar-refractivity contribution >= 4 is 16.7 Å². The lowest BCUT2D eigenvalue weighted by Gasteiger charge is -2.16. The fourth-order valence-corrected chi connectivity index (χ4v) is 2.60. The maximum atomic E-state index is 11.6. The number of aliphatic carboxylic acids is 1. The number of hydrogen-bond acceptors (Lipinski definition) is 3. The first-order valence-electron chi connectivity index (χ1n) is 7.67. The second-order valence-corrected chi connectivity index (χ2v) is 5.51. The number of benzene rings is 3. The predicted molar refractivity (Wildman–Crippen MR) is 92.7 cm³/mol. The highest BCUT2D eigenvalue weighted by molar-refractivity contribution is 5.84. The molecule has 0 bridgehead atoms. The van der Waals surface area contributed by atoms with Crippen LogP contribution in [0, 0.1) is 0 Å². The molecule has 0 heterocycles. The molecule has 0 fully saturated rings. The average Bonchev–Trinajstić information content (AvgIpc) is 2.61. The van der Waals surface area contributed by atoms with E-state index in [2.05, 4.69) is 0 Å². The average molecular weight is 322 g/mol. The Bertz CT molecular complexity index is 857. The van der Waals surface area contributed by atoms with Crippen LogP contribution in [0.1, 0.15) is 5.56 Å². The van der Waals surface area contributed by atoms with Crippen LogP contribution < -0.4 is 9.47 Å². The van der Waals surface area contributed by atoms with Crippen molar-refractivity contribution in [3.63, 3.8) is 0 Å². The number of ether oxygens (including phenoxy) is 2. The molecule has 0 unspecified atom stereocenters. The third-order valence-electron chi connectivity index (χ3n) is 3.83. The van der Waals surface area contributed by atoms with Crippen molar-refractivity contribution in [3.05, 3.63) is 72.3 Å². The Morgan fingerprint density at radius 3 is 2.50 bits per heavy atom. The topological polar surface area (TPSA) is 55.8 Å². The molecule has 3 rings (SSSR count). The minimum atomic E-state index is -0.994. The van der Waals surface area contributed by atoms with Crippen LogP contribution in [0.25, 0.3) is 10.8 Å². The number of rotatable bonds is 6. The summed E-state index contributed by atoms with van der Waals surface area (Å²) in [5.41, 5.74) is 0.850. The van der Waals surface area contributed by atoms with Gasteiger partial charge >= 0.3 is 5.97 Å². The van der Waals surface area contributed by atoms with Crippen LogP contribution in [0.3, 0.4) is 0 Å². The SMILES string of the molecule is COc1cccc(C[C@@H](Oc2ccc3ccccc3c2)C(=O)O)c1. The molecule has 4 nitrogen and oxygen atoms in total. The Morgan fingerprint density at radius 2 is 1.75 bits per heavy atom. The third-order valence-corrected chi connectivity index (χ3v) is 3.83. The molecular formula is C20H18O4. The predicted octanol–water partition coefficient (Wildman–Crippen LogP) is 3.92. The van der Waals surface area contributed by atoms with Crippen molar-refractivity contribution in [2.45, 2.75) is 12.5 Å². The van der Waals surface area contributed by atoms with Gasteiger partial charge in [-0.15, -0.1) is 0 Å². The van der Waals surface area contributed by atoms with Gasteiger partial charge in [-0.1, -0.05) is 42.5 Å². The van der Waals surface area contributed by atoms with E-state index in [0.717, 1.165) is 16.3 Å². The lowest BCUT2D eigenvalue weighted by Crippen LogP contribution is -2.29. The fourth-order valence-electron chi connectivity index (χ4n) is 2.60. The van der Waals surface area contributed by atoms with Gasteiger partial charge < -0.3 is 14.6 Å². The maximum absolute atomic E-state index is 11.6. The highest BCUT2D eigenvalue weighted by atomic mass is 16.5. The van der Waals surface area contributed by atoms with Gasteiger partial charge in [-0.25, -0.2) is 4.79 Å². The third kappa shape index (κ3) is 3.66. The molecule has 0 aromatic heterocycles. The highest BCUT2D eigenvalue weighted by Gasteiger charge is 2.20. The van der Waals surface area contributed by atoms with E-state index in [1.807, 2.05) is 60.7 Å². The smallest absolute Gasteiger partial charge is 0.345 e. The molecule has 0 saturated carbocycles. The monoisotopic (exact) mass is 322 g/mol. The summed E-state index contributed by atoms with van der Waals surface area (Å²) in [5.74, 6) is 0.248.